The van der Waals surface area contributed by atoms with Gasteiger partial charge < -0.3 is 15.1 Å². The molecule has 2 aliphatic heterocycles. The normalized spacial score (nSPS) is 18.5. The summed E-state index contributed by atoms with van der Waals surface area (Å²) in [5.41, 5.74) is 2.34. The molecule has 3 amide bonds. The third kappa shape index (κ3) is 4.00. The molecule has 2 aromatic rings. The van der Waals surface area contributed by atoms with Crippen LogP contribution in [0.4, 0.5) is 11.4 Å². The van der Waals surface area contributed by atoms with Crippen molar-refractivity contribution < 1.29 is 14.4 Å². The average Bonchev–Trinajstić information content (AvgIpc) is 3.26. The van der Waals surface area contributed by atoms with E-state index in [0.29, 0.717) is 24.5 Å². The molecule has 1 fully saturated rings. The zero-order chi connectivity index (χ0) is 20.4. The van der Waals surface area contributed by atoms with E-state index >= 15 is 0 Å². The summed E-state index contributed by atoms with van der Waals surface area (Å²) in [4.78, 5) is 42.9. The molecule has 1 N–H and O–H groups in total. The van der Waals surface area contributed by atoms with Gasteiger partial charge in [-0.2, -0.15) is 0 Å². The summed E-state index contributed by atoms with van der Waals surface area (Å²) in [6.45, 7) is 3.17. The number of nitrogens with zero attached hydrogens (tertiary/aromatic N) is 2. The molecule has 0 saturated carbocycles. The highest BCUT2D eigenvalue weighted by Gasteiger charge is 2.41. The Kier molecular flexibility index (Phi) is 5.58. The molecule has 2 heterocycles. The Labute approximate surface area is 174 Å². The number of amides is 3. The number of para-hydroxylation sites is 2. The molecular formula is C22H23N3O3S. The first-order valence-corrected chi connectivity index (χ1v) is 10.6. The summed E-state index contributed by atoms with van der Waals surface area (Å²) in [7, 11) is 0. The maximum Gasteiger partial charge on any atom is 0.250 e. The van der Waals surface area contributed by atoms with Crippen LogP contribution in [-0.4, -0.2) is 47.5 Å². The van der Waals surface area contributed by atoms with E-state index in [2.05, 4.69) is 5.32 Å². The fourth-order valence-corrected chi connectivity index (χ4v) is 4.87. The van der Waals surface area contributed by atoms with Crippen LogP contribution in [0.5, 0.6) is 0 Å². The van der Waals surface area contributed by atoms with Crippen molar-refractivity contribution in [1.82, 2.24) is 4.90 Å². The number of thioether (sulfide) groups is 1. The molecule has 0 radical (unpaired) electrons. The highest BCUT2D eigenvalue weighted by atomic mass is 32.2. The third-order valence-electron chi connectivity index (χ3n) is 5.25. The number of fused-ring (bicyclic) bond motifs is 1. The van der Waals surface area contributed by atoms with Gasteiger partial charge in [0.2, 0.25) is 11.8 Å². The number of rotatable bonds is 4. The standard InChI is InChI=1S/C22H23N3O3S/c1-15-8-2-3-9-16(15)23-19(26)14-25-17-10-4-5-11-18(17)29-20(22(25)28)21(27)24-12-6-7-13-24/h2-5,8-11,20H,6-7,12-14H2,1H3,(H,23,26). The lowest BCUT2D eigenvalue weighted by atomic mass is 10.2. The second kappa shape index (κ2) is 8.29. The Balaban J connectivity index is 1.57. The Hall–Kier alpha value is -2.80. The molecule has 2 aliphatic rings. The van der Waals surface area contributed by atoms with Gasteiger partial charge in [0.05, 0.1) is 5.69 Å². The van der Waals surface area contributed by atoms with Gasteiger partial charge in [0.1, 0.15) is 6.54 Å². The first kappa shape index (κ1) is 19.5. The van der Waals surface area contributed by atoms with Crippen molar-refractivity contribution in [3.63, 3.8) is 0 Å². The van der Waals surface area contributed by atoms with Gasteiger partial charge in [0.15, 0.2) is 5.25 Å². The Bertz CT molecular complexity index is 956. The van der Waals surface area contributed by atoms with E-state index in [9.17, 15) is 14.4 Å². The molecule has 6 nitrogen and oxygen atoms in total. The summed E-state index contributed by atoms with van der Waals surface area (Å²) in [6.07, 6.45) is 1.94. The fraction of sp³-hybridized carbons (Fsp3) is 0.318. The van der Waals surface area contributed by atoms with Crippen molar-refractivity contribution in [2.75, 3.05) is 29.9 Å². The summed E-state index contributed by atoms with van der Waals surface area (Å²) in [5, 5.41) is 2.03. The van der Waals surface area contributed by atoms with Crippen LogP contribution in [0.3, 0.4) is 0 Å². The number of carbonyl (C=O) groups is 3. The van der Waals surface area contributed by atoms with E-state index in [4.69, 9.17) is 0 Å². The Morgan fingerprint density at radius 2 is 1.76 bits per heavy atom. The van der Waals surface area contributed by atoms with Crippen LogP contribution in [0.2, 0.25) is 0 Å². The minimum Gasteiger partial charge on any atom is -0.341 e. The predicted molar refractivity (Wildman–Crippen MR) is 114 cm³/mol. The molecule has 1 saturated heterocycles. The van der Waals surface area contributed by atoms with E-state index < -0.39 is 5.25 Å². The van der Waals surface area contributed by atoms with Gasteiger partial charge in [-0.1, -0.05) is 30.3 Å². The number of aryl methyl sites for hydroxylation is 1. The summed E-state index contributed by atoms with van der Waals surface area (Å²) >= 11 is 1.28. The Morgan fingerprint density at radius 3 is 2.52 bits per heavy atom. The minimum atomic E-state index is -0.839. The van der Waals surface area contributed by atoms with Crippen molar-refractivity contribution in [2.24, 2.45) is 0 Å². The first-order valence-electron chi connectivity index (χ1n) is 9.76. The monoisotopic (exact) mass is 409 g/mol. The van der Waals surface area contributed by atoms with Crippen LogP contribution in [0.1, 0.15) is 18.4 Å². The number of hydrogen-bond donors (Lipinski definition) is 1. The van der Waals surface area contributed by atoms with Gasteiger partial charge in [-0.25, -0.2) is 0 Å². The lowest BCUT2D eigenvalue weighted by Crippen LogP contribution is -2.51. The highest BCUT2D eigenvalue weighted by molar-refractivity contribution is 8.01. The SMILES string of the molecule is Cc1ccccc1NC(=O)CN1C(=O)C(C(=O)N2CCCC2)Sc2ccccc21. The molecule has 0 aliphatic carbocycles. The highest BCUT2D eigenvalue weighted by Crippen LogP contribution is 2.40. The van der Waals surface area contributed by atoms with Crippen LogP contribution in [0, 0.1) is 6.92 Å². The van der Waals surface area contributed by atoms with Gasteiger partial charge >= 0.3 is 0 Å². The van der Waals surface area contributed by atoms with Gasteiger partial charge in [0, 0.05) is 23.7 Å². The van der Waals surface area contributed by atoms with Crippen molar-refractivity contribution in [2.45, 2.75) is 29.9 Å². The van der Waals surface area contributed by atoms with Gasteiger partial charge in [-0.3, -0.25) is 14.4 Å². The topological polar surface area (TPSA) is 69.7 Å². The molecule has 1 atom stereocenters. The molecule has 4 rings (SSSR count). The lowest BCUT2D eigenvalue weighted by Gasteiger charge is -2.34. The summed E-state index contributed by atoms with van der Waals surface area (Å²) in [5.74, 6) is -0.774. The summed E-state index contributed by atoms with van der Waals surface area (Å²) < 4.78 is 0. The fourth-order valence-electron chi connectivity index (χ4n) is 3.69. The minimum absolute atomic E-state index is 0.130. The van der Waals surface area contributed by atoms with Crippen molar-refractivity contribution in [3.05, 3.63) is 54.1 Å². The molecule has 7 heteroatoms. The number of likely N-dealkylation sites (tertiary alicyclic amines) is 1. The zero-order valence-electron chi connectivity index (χ0n) is 16.3. The van der Waals surface area contributed by atoms with Gasteiger partial charge in [-0.15, -0.1) is 11.8 Å². The third-order valence-corrected chi connectivity index (χ3v) is 6.49. The maximum atomic E-state index is 13.2. The van der Waals surface area contributed by atoms with Gasteiger partial charge in [0.25, 0.3) is 5.91 Å². The molecular weight excluding hydrogens is 386 g/mol. The number of anilines is 2. The molecule has 1 unspecified atom stereocenters. The second-order valence-corrected chi connectivity index (χ2v) is 8.43. The van der Waals surface area contributed by atoms with Crippen LogP contribution < -0.4 is 10.2 Å². The number of carbonyl (C=O) groups excluding carboxylic acids is 3. The van der Waals surface area contributed by atoms with Crippen molar-refractivity contribution in [3.8, 4) is 0 Å². The lowest BCUT2D eigenvalue weighted by molar-refractivity contribution is -0.134. The molecule has 2 aromatic carbocycles. The zero-order valence-corrected chi connectivity index (χ0v) is 17.1. The Morgan fingerprint density at radius 1 is 1.07 bits per heavy atom. The van der Waals surface area contributed by atoms with Gasteiger partial charge in [-0.05, 0) is 43.5 Å². The second-order valence-electron chi connectivity index (χ2n) is 7.29. The van der Waals surface area contributed by atoms with Crippen LogP contribution >= 0.6 is 11.8 Å². The predicted octanol–water partition coefficient (Wildman–Crippen LogP) is 3.06. The van der Waals surface area contributed by atoms with E-state index in [1.54, 1.807) is 4.90 Å². The van der Waals surface area contributed by atoms with Crippen molar-refractivity contribution >= 4 is 40.9 Å². The van der Waals surface area contributed by atoms with E-state index in [-0.39, 0.29) is 24.3 Å². The average molecular weight is 410 g/mol. The van der Waals surface area contributed by atoms with E-state index in [1.807, 2.05) is 55.5 Å². The molecule has 29 heavy (non-hydrogen) atoms. The van der Waals surface area contributed by atoms with E-state index in [0.717, 1.165) is 23.3 Å². The molecule has 0 spiro atoms. The van der Waals surface area contributed by atoms with Crippen LogP contribution in [-0.2, 0) is 14.4 Å². The maximum absolute atomic E-state index is 13.2. The van der Waals surface area contributed by atoms with Crippen LogP contribution in [0.25, 0.3) is 0 Å². The number of nitrogens with one attached hydrogen (secondary N) is 1. The largest absolute Gasteiger partial charge is 0.341 e. The molecule has 150 valence electrons. The first-order chi connectivity index (χ1) is 14.0. The number of hydrogen-bond acceptors (Lipinski definition) is 4. The quantitative estimate of drug-likeness (QED) is 0.788. The number of benzene rings is 2. The van der Waals surface area contributed by atoms with E-state index in [1.165, 1.54) is 16.7 Å². The smallest absolute Gasteiger partial charge is 0.250 e. The van der Waals surface area contributed by atoms with Crippen LogP contribution in [0.15, 0.2) is 53.4 Å². The molecule has 0 bridgehead atoms. The van der Waals surface area contributed by atoms with Crippen molar-refractivity contribution in [1.29, 1.82) is 0 Å². The summed E-state index contributed by atoms with van der Waals surface area (Å²) in [6, 6.07) is 14.9. The molecule has 0 aromatic heterocycles.